The Morgan fingerprint density at radius 3 is 2.57 bits per heavy atom. The summed E-state index contributed by atoms with van der Waals surface area (Å²) in [5.41, 5.74) is 0.0957. The highest BCUT2D eigenvalue weighted by molar-refractivity contribution is 6.35. The summed E-state index contributed by atoms with van der Waals surface area (Å²) >= 11 is 0. The van der Waals surface area contributed by atoms with Gasteiger partial charge in [0.1, 0.15) is 11.3 Å². The SMILES string of the molecule is COC1=CC(=O)C=C(c2cc(=O)c3ccccc3o2)C1=O. The van der Waals surface area contributed by atoms with E-state index in [1.807, 2.05) is 0 Å². The van der Waals surface area contributed by atoms with Crippen molar-refractivity contribution >= 4 is 28.1 Å². The third-order valence-electron chi connectivity index (χ3n) is 3.15. The molecule has 5 nitrogen and oxygen atoms in total. The van der Waals surface area contributed by atoms with Gasteiger partial charge in [-0.1, -0.05) is 12.1 Å². The molecule has 0 radical (unpaired) electrons. The van der Waals surface area contributed by atoms with Crippen molar-refractivity contribution in [3.8, 4) is 0 Å². The first-order valence-corrected chi connectivity index (χ1v) is 6.19. The van der Waals surface area contributed by atoms with E-state index in [0.29, 0.717) is 11.0 Å². The molecule has 0 atom stereocenters. The van der Waals surface area contributed by atoms with Crippen molar-refractivity contribution in [2.24, 2.45) is 0 Å². The minimum absolute atomic E-state index is 0.0159. The molecule has 21 heavy (non-hydrogen) atoms. The third kappa shape index (κ3) is 2.18. The minimum Gasteiger partial charge on any atom is -0.492 e. The number of para-hydroxylation sites is 1. The first-order chi connectivity index (χ1) is 10.1. The predicted octanol–water partition coefficient (Wildman–Crippen LogP) is 1.86. The largest absolute Gasteiger partial charge is 0.492 e. The number of methoxy groups -OCH3 is 1. The van der Waals surface area contributed by atoms with Gasteiger partial charge in [0.05, 0.1) is 18.1 Å². The molecule has 0 bridgehead atoms. The number of hydrogen-bond acceptors (Lipinski definition) is 5. The summed E-state index contributed by atoms with van der Waals surface area (Å²) in [5, 5.41) is 0.416. The van der Waals surface area contributed by atoms with Gasteiger partial charge in [-0.25, -0.2) is 0 Å². The minimum atomic E-state index is -0.490. The number of allylic oxidation sites excluding steroid dienone is 3. The van der Waals surface area contributed by atoms with Crippen LogP contribution in [0.2, 0.25) is 0 Å². The second kappa shape index (κ2) is 4.86. The Morgan fingerprint density at radius 2 is 1.81 bits per heavy atom. The fourth-order valence-corrected chi connectivity index (χ4v) is 2.15. The lowest BCUT2D eigenvalue weighted by molar-refractivity contribution is -0.116. The predicted molar refractivity (Wildman–Crippen MR) is 75.6 cm³/mol. The maximum atomic E-state index is 12.2. The molecule has 0 fully saturated rings. The van der Waals surface area contributed by atoms with Crippen LogP contribution in [0.1, 0.15) is 5.76 Å². The number of ether oxygens (including phenoxy) is 1. The van der Waals surface area contributed by atoms with E-state index >= 15 is 0 Å². The van der Waals surface area contributed by atoms with Crippen molar-refractivity contribution in [1.82, 2.24) is 0 Å². The van der Waals surface area contributed by atoms with Gasteiger partial charge in [-0.2, -0.15) is 0 Å². The molecule has 2 aromatic rings. The van der Waals surface area contributed by atoms with Gasteiger partial charge in [-0.05, 0) is 12.1 Å². The van der Waals surface area contributed by atoms with E-state index in [1.165, 1.54) is 13.2 Å². The Morgan fingerprint density at radius 1 is 1.05 bits per heavy atom. The molecule has 1 aromatic heterocycles. The van der Waals surface area contributed by atoms with Crippen LogP contribution in [0.5, 0.6) is 0 Å². The van der Waals surface area contributed by atoms with Crippen LogP contribution in [0.4, 0.5) is 0 Å². The van der Waals surface area contributed by atoms with Crippen LogP contribution in [0.3, 0.4) is 0 Å². The van der Waals surface area contributed by atoms with Crippen molar-refractivity contribution in [2.45, 2.75) is 0 Å². The van der Waals surface area contributed by atoms with E-state index in [4.69, 9.17) is 9.15 Å². The lowest BCUT2D eigenvalue weighted by atomic mass is 9.99. The summed E-state index contributed by atoms with van der Waals surface area (Å²) in [6.45, 7) is 0. The van der Waals surface area contributed by atoms with Gasteiger partial charge in [-0.15, -0.1) is 0 Å². The molecule has 0 unspecified atom stereocenters. The summed E-state index contributed by atoms with van der Waals surface area (Å²) in [7, 11) is 1.30. The first-order valence-electron chi connectivity index (χ1n) is 6.19. The molecular formula is C16H10O5. The second-order valence-electron chi connectivity index (χ2n) is 4.47. The second-order valence-corrected chi connectivity index (χ2v) is 4.47. The number of hydrogen-bond donors (Lipinski definition) is 0. The zero-order valence-electron chi connectivity index (χ0n) is 11.1. The summed E-state index contributed by atoms with van der Waals surface area (Å²) in [6.07, 6.45) is 2.24. The van der Waals surface area contributed by atoms with E-state index in [-0.39, 0.29) is 22.5 Å². The van der Waals surface area contributed by atoms with Gasteiger partial charge < -0.3 is 9.15 Å². The molecule has 104 valence electrons. The van der Waals surface area contributed by atoms with Gasteiger partial charge in [-0.3, -0.25) is 14.4 Å². The fourth-order valence-electron chi connectivity index (χ4n) is 2.15. The quantitative estimate of drug-likeness (QED) is 0.786. The number of carbonyl (C=O) groups is 2. The number of carbonyl (C=O) groups excluding carboxylic acids is 2. The zero-order chi connectivity index (χ0) is 15.0. The van der Waals surface area contributed by atoms with E-state index in [2.05, 4.69) is 0 Å². The molecule has 0 saturated heterocycles. The average Bonchev–Trinajstić information content (AvgIpc) is 2.49. The van der Waals surface area contributed by atoms with Gasteiger partial charge in [0.2, 0.25) is 5.78 Å². The molecule has 0 amide bonds. The van der Waals surface area contributed by atoms with Gasteiger partial charge in [0.15, 0.2) is 17.0 Å². The molecule has 0 spiro atoms. The number of rotatable bonds is 2. The molecule has 1 aliphatic rings. The summed E-state index contributed by atoms with van der Waals surface area (Å²) in [6, 6.07) is 7.91. The number of ketones is 2. The lowest BCUT2D eigenvalue weighted by Crippen LogP contribution is -2.16. The summed E-state index contributed by atoms with van der Waals surface area (Å²) in [5.74, 6) is -0.902. The van der Waals surface area contributed by atoms with Crippen molar-refractivity contribution < 1.29 is 18.7 Å². The molecule has 0 saturated carbocycles. The average molecular weight is 282 g/mol. The normalized spacial score (nSPS) is 14.9. The Balaban J connectivity index is 2.19. The number of benzene rings is 1. The number of fused-ring (bicyclic) bond motifs is 1. The van der Waals surface area contributed by atoms with Crippen LogP contribution in [-0.2, 0) is 14.3 Å². The highest BCUT2D eigenvalue weighted by Crippen LogP contribution is 2.24. The van der Waals surface area contributed by atoms with Gasteiger partial charge >= 0.3 is 0 Å². The Hall–Kier alpha value is -2.95. The Bertz CT molecular complexity index is 883. The fraction of sp³-hybridized carbons (Fsp3) is 0.0625. The molecule has 0 N–H and O–H groups in total. The molecular weight excluding hydrogens is 272 g/mol. The van der Waals surface area contributed by atoms with Crippen LogP contribution < -0.4 is 5.43 Å². The smallest absolute Gasteiger partial charge is 0.231 e. The molecule has 1 aromatic carbocycles. The Kier molecular flexibility index (Phi) is 3.02. The molecule has 3 rings (SSSR count). The molecule has 1 aliphatic carbocycles. The van der Waals surface area contributed by atoms with Gasteiger partial charge in [0, 0.05) is 18.2 Å². The van der Waals surface area contributed by atoms with Crippen molar-refractivity contribution in [3.05, 3.63) is 64.2 Å². The lowest BCUT2D eigenvalue weighted by Gasteiger charge is -2.12. The van der Waals surface area contributed by atoms with E-state index < -0.39 is 11.6 Å². The van der Waals surface area contributed by atoms with Gasteiger partial charge in [0.25, 0.3) is 0 Å². The summed E-state index contributed by atoms with van der Waals surface area (Å²) in [4.78, 5) is 35.8. The van der Waals surface area contributed by atoms with Crippen LogP contribution in [-0.4, -0.2) is 18.7 Å². The molecule has 5 heteroatoms. The Labute approximate surface area is 119 Å². The van der Waals surface area contributed by atoms with E-state index in [9.17, 15) is 14.4 Å². The molecule has 1 heterocycles. The van der Waals surface area contributed by atoms with Crippen molar-refractivity contribution in [3.63, 3.8) is 0 Å². The standard InChI is InChI=1S/C16H10O5/c1-20-15-7-9(17)6-11(16(15)19)14-8-12(18)10-4-2-3-5-13(10)21-14/h2-8H,1H3. The van der Waals surface area contributed by atoms with Crippen LogP contribution in [0.15, 0.2) is 57.5 Å². The van der Waals surface area contributed by atoms with E-state index in [0.717, 1.165) is 12.2 Å². The molecule has 0 aliphatic heterocycles. The first kappa shape index (κ1) is 13.1. The van der Waals surface area contributed by atoms with Crippen LogP contribution in [0, 0.1) is 0 Å². The highest BCUT2D eigenvalue weighted by atomic mass is 16.5. The number of Topliss-reactive ketones (excluding diaryl/α,β-unsaturated/α-hetero) is 1. The van der Waals surface area contributed by atoms with Crippen LogP contribution >= 0.6 is 0 Å². The topological polar surface area (TPSA) is 73.6 Å². The maximum Gasteiger partial charge on any atom is 0.231 e. The zero-order valence-corrected chi connectivity index (χ0v) is 11.1. The highest BCUT2D eigenvalue weighted by Gasteiger charge is 2.26. The third-order valence-corrected chi connectivity index (χ3v) is 3.15. The van der Waals surface area contributed by atoms with E-state index in [1.54, 1.807) is 24.3 Å². The summed E-state index contributed by atoms with van der Waals surface area (Å²) < 4.78 is 10.4. The van der Waals surface area contributed by atoms with Crippen LogP contribution in [0.25, 0.3) is 16.5 Å². The maximum absolute atomic E-state index is 12.2. The monoisotopic (exact) mass is 282 g/mol. The van der Waals surface area contributed by atoms with Crippen molar-refractivity contribution in [1.29, 1.82) is 0 Å². The van der Waals surface area contributed by atoms with Crippen molar-refractivity contribution in [2.75, 3.05) is 7.11 Å².